The second kappa shape index (κ2) is 6.27. The molecule has 0 aromatic heterocycles. The van der Waals surface area contributed by atoms with Crippen molar-refractivity contribution in [1.82, 2.24) is 4.90 Å². The molecule has 0 spiro atoms. The molecule has 1 fully saturated rings. The van der Waals surface area contributed by atoms with Crippen LogP contribution in [-0.4, -0.2) is 28.6 Å². The molecular formula is C18H21NO2. The molecule has 3 rings (SSSR count). The lowest BCUT2D eigenvalue weighted by atomic mass is 10.1. The molecule has 0 aliphatic heterocycles. The lowest BCUT2D eigenvalue weighted by Gasteiger charge is -2.27. The highest BCUT2D eigenvalue weighted by atomic mass is 16.4. The lowest BCUT2D eigenvalue weighted by Crippen LogP contribution is -2.37. The fourth-order valence-electron chi connectivity index (χ4n) is 3.33. The van der Waals surface area contributed by atoms with E-state index in [9.17, 15) is 4.79 Å². The van der Waals surface area contributed by atoms with Gasteiger partial charge in [-0.25, -0.2) is 0 Å². The van der Waals surface area contributed by atoms with Crippen molar-refractivity contribution < 1.29 is 9.90 Å². The van der Waals surface area contributed by atoms with Crippen LogP contribution in [0.4, 0.5) is 0 Å². The van der Waals surface area contributed by atoms with Gasteiger partial charge < -0.3 is 5.11 Å². The zero-order chi connectivity index (χ0) is 14.7. The summed E-state index contributed by atoms with van der Waals surface area (Å²) < 4.78 is 0. The standard InChI is InChI=1S/C18H21NO2/c20-18(21)13-19(17-7-3-4-8-17)12-14-9-10-15-5-1-2-6-16(15)11-14/h1-2,5-6,9-11,17H,3-4,7-8,12-13H2,(H,20,21). The van der Waals surface area contributed by atoms with Crippen molar-refractivity contribution in [2.75, 3.05) is 6.54 Å². The van der Waals surface area contributed by atoms with Crippen molar-refractivity contribution in [2.24, 2.45) is 0 Å². The zero-order valence-electron chi connectivity index (χ0n) is 12.2. The van der Waals surface area contributed by atoms with Crippen molar-refractivity contribution in [3.63, 3.8) is 0 Å². The van der Waals surface area contributed by atoms with Crippen molar-refractivity contribution in [3.8, 4) is 0 Å². The van der Waals surface area contributed by atoms with Crippen LogP contribution in [0.15, 0.2) is 42.5 Å². The number of carboxylic acids is 1. The van der Waals surface area contributed by atoms with E-state index in [0.29, 0.717) is 6.04 Å². The lowest BCUT2D eigenvalue weighted by molar-refractivity contribution is -0.139. The van der Waals surface area contributed by atoms with E-state index in [1.54, 1.807) is 0 Å². The number of fused-ring (bicyclic) bond motifs is 1. The Hall–Kier alpha value is -1.87. The summed E-state index contributed by atoms with van der Waals surface area (Å²) in [4.78, 5) is 13.3. The van der Waals surface area contributed by atoms with E-state index in [2.05, 4.69) is 35.2 Å². The minimum atomic E-state index is -0.734. The molecule has 2 aromatic rings. The topological polar surface area (TPSA) is 40.5 Å². The summed E-state index contributed by atoms with van der Waals surface area (Å²) in [6, 6.07) is 15.1. The first-order chi connectivity index (χ1) is 10.2. The van der Waals surface area contributed by atoms with Gasteiger partial charge in [0.1, 0.15) is 0 Å². The second-order valence-corrected chi connectivity index (χ2v) is 5.92. The molecule has 3 heteroatoms. The average Bonchev–Trinajstić information content (AvgIpc) is 3.00. The molecule has 1 aliphatic carbocycles. The summed E-state index contributed by atoms with van der Waals surface area (Å²) in [5.74, 6) is -0.734. The first-order valence-corrected chi connectivity index (χ1v) is 7.66. The van der Waals surface area contributed by atoms with E-state index in [1.807, 2.05) is 12.1 Å². The van der Waals surface area contributed by atoms with Crippen LogP contribution >= 0.6 is 0 Å². The van der Waals surface area contributed by atoms with Crippen molar-refractivity contribution in [1.29, 1.82) is 0 Å². The quantitative estimate of drug-likeness (QED) is 0.910. The predicted molar refractivity (Wildman–Crippen MR) is 84.2 cm³/mol. The van der Waals surface area contributed by atoms with Gasteiger partial charge in [-0.2, -0.15) is 0 Å². The van der Waals surface area contributed by atoms with Gasteiger partial charge in [0.25, 0.3) is 0 Å². The highest BCUT2D eigenvalue weighted by Gasteiger charge is 2.24. The molecule has 0 radical (unpaired) electrons. The van der Waals surface area contributed by atoms with Crippen LogP contribution in [0.25, 0.3) is 10.8 Å². The Morgan fingerprint density at radius 3 is 2.52 bits per heavy atom. The molecule has 1 N–H and O–H groups in total. The van der Waals surface area contributed by atoms with Gasteiger partial charge in [0.2, 0.25) is 0 Å². The number of nitrogens with zero attached hydrogens (tertiary/aromatic N) is 1. The number of hydrogen-bond donors (Lipinski definition) is 1. The van der Waals surface area contributed by atoms with Crippen LogP contribution < -0.4 is 0 Å². The highest BCUT2D eigenvalue weighted by molar-refractivity contribution is 5.83. The van der Waals surface area contributed by atoms with E-state index in [-0.39, 0.29) is 6.54 Å². The molecule has 3 nitrogen and oxygen atoms in total. The Kier molecular flexibility index (Phi) is 4.20. The second-order valence-electron chi connectivity index (χ2n) is 5.92. The Morgan fingerprint density at radius 1 is 1.10 bits per heavy atom. The maximum absolute atomic E-state index is 11.1. The van der Waals surface area contributed by atoms with Gasteiger partial charge in [0.15, 0.2) is 0 Å². The maximum atomic E-state index is 11.1. The maximum Gasteiger partial charge on any atom is 0.317 e. The minimum Gasteiger partial charge on any atom is -0.480 e. The van der Waals surface area contributed by atoms with Gasteiger partial charge in [0, 0.05) is 12.6 Å². The van der Waals surface area contributed by atoms with Gasteiger partial charge in [-0.1, -0.05) is 49.2 Å². The van der Waals surface area contributed by atoms with Crippen LogP contribution in [0.2, 0.25) is 0 Å². The monoisotopic (exact) mass is 283 g/mol. The molecule has 0 bridgehead atoms. The van der Waals surface area contributed by atoms with Gasteiger partial charge in [-0.05, 0) is 35.2 Å². The zero-order valence-corrected chi connectivity index (χ0v) is 12.2. The molecule has 1 aliphatic rings. The van der Waals surface area contributed by atoms with E-state index >= 15 is 0 Å². The van der Waals surface area contributed by atoms with E-state index < -0.39 is 5.97 Å². The summed E-state index contributed by atoms with van der Waals surface area (Å²) in [6.45, 7) is 0.860. The van der Waals surface area contributed by atoms with Crippen LogP contribution in [0.3, 0.4) is 0 Å². The Bertz CT molecular complexity index is 632. The summed E-state index contributed by atoms with van der Waals surface area (Å²) in [6.07, 6.45) is 4.69. The smallest absolute Gasteiger partial charge is 0.317 e. The van der Waals surface area contributed by atoms with Crippen molar-refractivity contribution >= 4 is 16.7 Å². The highest BCUT2D eigenvalue weighted by Crippen LogP contribution is 2.25. The number of carboxylic acid groups (broad SMARTS) is 1. The Morgan fingerprint density at radius 2 is 1.81 bits per heavy atom. The summed E-state index contributed by atoms with van der Waals surface area (Å²) in [7, 11) is 0. The average molecular weight is 283 g/mol. The number of benzene rings is 2. The minimum absolute atomic E-state index is 0.136. The normalized spacial score (nSPS) is 15.9. The Balaban J connectivity index is 1.80. The summed E-state index contributed by atoms with van der Waals surface area (Å²) in [5.41, 5.74) is 1.20. The molecule has 0 atom stereocenters. The molecule has 1 saturated carbocycles. The Labute approximate surface area is 125 Å². The van der Waals surface area contributed by atoms with Crippen LogP contribution in [0.5, 0.6) is 0 Å². The molecule has 110 valence electrons. The van der Waals surface area contributed by atoms with E-state index in [4.69, 9.17) is 5.11 Å². The predicted octanol–water partition coefficient (Wildman–Crippen LogP) is 3.67. The number of carbonyl (C=O) groups is 1. The fourth-order valence-corrected chi connectivity index (χ4v) is 3.33. The third kappa shape index (κ3) is 3.42. The van der Waals surface area contributed by atoms with E-state index in [1.165, 1.54) is 29.2 Å². The largest absolute Gasteiger partial charge is 0.480 e. The SMILES string of the molecule is O=C(O)CN(Cc1ccc2ccccc2c1)C1CCCC1. The van der Waals surface area contributed by atoms with Crippen LogP contribution in [-0.2, 0) is 11.3 Å². The molecule has 0 heterocycles. The van der Waals surface area contributed by atoms with E-state index in [0.717, 1.165) is 19.4 Å². The number of hydrogen-bond acceptors (Lipinski definition) is 2. The fraction of sp³-hybridized carbons (Fsp3) is 0.389. The molecule has 0 unspecified atom stereocenters. The van der Waals surface area contributed by atoms with Crippen molar-refractivity contribution in [2.45, 2.75) is 38.3 Å². The first-order valence-electron chi connectivity index (χ1n) is 7.66. The van der Waals surface area contributed by atoms with Gasteiger partial charge >= 0.3 is 5.97 Å². The molecule has 0 amide bonds. The van der Waals surface area contributed by atoms with Crippen LogP contribution in [0.1, 0.15) is 31.2 Å². The molecular weight excluding hydrogens is 262 g/mol. The summed E-state index contributed by atoms with van der Waals surface area (Å²) in [5, 5.41) is 11.6. The summed E-state index contributed by atoms with van der Waals surface area (Å²) >= 11 is 0. The van der Waals surface area contributed by atoms with Crippen LogP contribution in [0, 0.1) is 0 Å². The molecule has 0 saturated heterocycles. The first kappa shape index (κ1) is 14.1. The molecule has 2 aromatic carbocycles. The van der Waals surface area contributed by atoms with Gasteiger partial charge in [0.05, 0.1) is 6.54 Å². The third-order valence-corrected chi connectivity index (χ3v) is 4.38. The molecule has 21 heavy (non-hydrogen) atoms. The third-order valence-electron chi connectivity index (χ3n) is 4.38. The van der Waals surface area contributed by atoms with Crippen molar-refractivity contribution in [3.05, 3.63) is 48.0 Å². The number of rotatable bonds is 5. The number of aliphatic carboxylic acids is 1. The van der Waals surface area contributed by atoms with Gasteiger partial charge in [-0.15, -0.1) is 0 Å². The van der Waals surface area contributed by atoms with Gasteiger partial charge in [-0.3, -0.25) is 9.69 Å².